The van der Waals surface area contributed by atoms with Gasteiger partial charge in [-0.25, -0.2) is 4.98 Å². The van der Waals surface area contributed by atoms with Crippen LogP contribution in [0.25, 0.3) is 0 Å². The Balaban J connectivity index is 2.79. The maximum atomic E-state index is 5.74. The van der Waals surface area contributed by atoms with E-state index in [9.17, 15) is 0 Å². The highest BCUT2D eigenvalue weighted by molar-refractivity contribution is 5.77. The van der Waals surface area contributed by atoms with Crippen LogP contribution in [0.5, 0.6) is 5.88 Å². The Morgan fingerprint density at radius 2 is 2.26 bits per heavy atom. The average Bonchev–Trinajstić information content (AvgIpc) is 2.46. The van der Waals surface area contributed by atoms with Gasteiger partial charge in [0.05, 0.1) is 19.0 Å². The molecule has 1 aromatic heterocycles. The first kappa shape index (κ1) is 15.2. The zero-order valence-corrected chi connectivity index (χ0v) is 11.7. The highest BCUT2D eigenvalue weighted by Crippen LogP contribution is 2.12. The number of rotatable bonds is 7. The van der Waals surface area contributed by atoms with Crippen molar-refractivity contribution in [2.75, 3.05) is 20.7 Å². The van der Waals surface area contributed by atoms with E-state index < -0.39 is 0 Å². The SMILES string of the molecule is CC/C(CN)=C(\C=NC)OCc1cccc(OC)n1. The number of nitrogens with two attached hydrogens (primary N) is 1. The molecule has 2 N–H and O–H groups in total. The Labute approximate surface area is 114 Å². The standard InChI is InChI=1S/C14H21N3O2/c1-4-11(8-15)13(9-16-2)19-10-12-6-5-7-14(17-12)18-3/h5-7,9H,4,8,10,15H2,1-3H3/b13-11-,16-9?. The van der Waals surface area contributed by atoms with E-state index in [1.54, 1.807) is 26.4 Å². The fourth-order valence-electron chi connectivity index (χ4n) is 1.57. The Hall–Kier alpha value is -1.88. The molecule has 5 nitrogen and oxygen atoms in total. The molecule has 5 heteroatoms. The summed E-state index contributed by atoms with van der Waals surface area (Å²) in [6, 6.07) is 5.56. The number of aromatic nitrogens is 1. The molecule has 0 amide bonds. The van der Waals surface area contributed by atoms with Gasteiger partial charge in [0.2, 0.25) is 5.88 Å². The van der Waals surface area contributed by atoms with Crippen LogP contribution in [-0.4, -0.2) is 31.9 Å². The monoisotopic (exact) mass is 263 g/mol. The van der Waals surface area contributed by atoms with Crippen molar-refractivity contribution in [1.29, 1.82) is 0 Å². The van der Waals surface area contributed by atoms with Gasteiger partial charge in [-0.1, -0.05) is 13.0 Å². The van der Waals surface area contributed by atoms with Crippen LogP contribution in [0.3, 0.4) is 0 Å². The molecule has 0 spiro atoms. The number of allylic oxidation sites excluding steroid dienone is 1. The second-order valence-corrected chi connectivity index (χ2v) is 3.87. The van der Waals surface area contributed by atoms with Crippen molar-refractivity contribution >= 4 is 6.21 Å². The van der Waals surface area contributed by atoms with Crippen LogP contribution in [0.2, 0.25) is 0 Å². The number of hydrogen-bond acceptors (Lipinski definition) is 5. The minimum Gasteiger partial charge on any atom is -0.486 e. The van der Waals surface area contributed by atoms with Crippen LogP contribution in [0.4, 0.5) is 0 Å². The summed E-state index contributed by atoms with van der Waals surface area (Å²) in [5.41, 5.74) is 7.53. The minimum absolute atomic E-state index is 0.363. The summed E-state index contributed by atoms with van der Waals surface area (Å²) in [7, 11) is 3.29. The van der Waals surface area contributed by atoms with Crippen molar-refractivity contribution in [1.82, 2.24) is 4.98 Å². The minimum atomic E-state index is 0.363. The second-order valence-electron chi connectivity index (χ2n) is 3.87. The van der Waals surface area contributed by atoms with Gasteiger partial charge in [0.25, 0.3) is 0 Å². The van der Waals surface area contributed by atoms with Gasteiger partial charge in [-0.2, -0.15) is 0 Å². The Kier molecular flexibility index (Phi) is 6.60. The smallest absolute Gasteiger partial charge is 0.213 e. The molecule has 0 radical (unpaired) electrons. The van der Waals surface area contributed by atoms with E-state index >= 15 is 0 Å². The molecule has 0 saturated carbocycles. The van der Waals surface area contributed by atoms with Gasteiger partial charge in [0.15, 0.2) is 0 Å². The fourth-order valence-corrected chi connectivity index (χ4v) is 1.57. The third-order valence-corrected chi connectivity index (χ3v) is 2.63. The maximum absolute atomic E-state index is 5.74. The summed E-state index contributed by atoms with van der Waals surface area (Å²) >= 11 is 0. The van der Waals surface area contributed by atoms with Gasteiger partial charge in [-0.15, -0.1) is 0 Å². The first-order valence-electron chi connectivity index (χ1n) is 6.22. The van der Waals surface area contributed by atoms with E-state index in [0.29, 0.717) is 19.0 Å². The molecule has 0 aliphatic heterocycles. The molecule has 1 heterocycles. The van der Waals surface area contributed by atoms with E-state index in [-0.39, 0.29) is 0 Å². The van der Waals surface area contributed by atoms with Gasteiger partial charge in [0, 0.05) is 19.7 Å². The molecular weight excluding hydrogens is 242 g/mol. The quantitative estimate of drug-likeness (QED) is 0.603. The lowest BCUT2D eigenvalue weighted by molar-refractivity contribution is 0.210. The number of nitrogens with zero attached hydrogens (tertiary/aromatic N) is 2. The molecule has 0 atom stereocenters. The lowest BCUT2D eigenvalue weighted by atomic mass is 10.2. The highest BCUT2D eigenvalue weighted by Gasteiger charge is 2.05. The normalized spacial score (nSPS) is 12.4. The van der Waals surface area contributed by atoms with E-state index in [1.165, 1.54) is 0 Å². The Morgan fingerprint density at radius 3 is 2.84 bits per heavy atom. The van der Waals surface area contributed by atoms with Gasteiger partial charge in [0.1, 0.15) is 12.4 Å². The Bertz CT molecular complexity index is 450. The molecule has 0 aliphatic rings. The molecule has 0 fully saturated rings. The van der Waals surface area contributed by atoms with Crippen LogP contribution in [-0.2, 0) is 11.3 Å². The third-order valence-electron chi connectivity index (χ3n) is 2.63. The maximum Gasteiger partial charge on any atom is 0.213 e. The van der Waals surface area contributed by atoms with Crippen molar-refractivity contribution in [2.45, 2.75) is 20.0 Å². The van der Waals surface area contributed by atoms with E-state index in [4.69, 9.17) is 15.2 Å². The number of hydrogen-bond donors (Lipinski definition) is 1. The number of methoxy groups -OCH3 is 1. The fraction of sp³-hybridized carbons (Fsp3) is 0.429. The largest absolute Gasteiger partial charge is 0.486 e. The van der Waals surface area contributed by atoms with Crippen molar-refractivity contribution in [3.63, 3.8) is 0 Å². The first-order valence-corrected chi connectivity index (χ1v) is 6.22. The molecule has 0 aliphatic carbocycles. The second kappa shape index (κ2) is 8.26. The summed E-state index contributed by atoms with van der Waals surface area (Å²) in [4.78, 5) is 8.28. The summed E-state index contributed by atoms with van der Waals surface area (Å²) < 4.78 is 10.8. The first-order chi connectivity index (χ1) is 9.24. The summed E-state index contributed by atoms with van der Waals surface area (Å²) in [6.45, 7) is 2.87. The van der Waals surface area contributed by atoms with Gasteiger partial charge in [-0.3, -0.25) is 4.99 Å². The number of aliphatic imine (C=N–C) groups is 1. The molecule has 0 saturated heterocycles. The predicted octanol–water partition coefficient (Wildman–Crippen LogP) is 1.93. The Morgan fingerprint density at radius 1 is 1.47 bits per heavy atom. The van der Waals surface area contributed by atoms with Crippen LogP contribution in [0, 0.1) is 0 Å². The van der Waals surface area contributed by atoms with Crippen LogP contribution in [0.1, 0.15) is 19.0 Å². The van der Waals surface area contributed by atoms with Crippen molar-refractivity contribution in [3.8, 4) is 5.88 Å². The zero-order chi connectivity index (χ0) is 14.1. The van der Waals surface area contributed by atoms with Crippen LogP contribution >= 0.6 is 0 Å². The summed E-state index contributed by atoms with van der Waals surface area (Å²) in [5.74, 6) is 1.29. The molecule has 104 valence electrons. The lowest BCUT2D eigenvalue weighted by Crippen LogP contribution is -2.09. The molecule has 0 bridgehead atoms. The molecular formula is C14H21N3O2. The average molecular weight is 263 g/mol. The van der Waals surface area contributed by atoms with Crippen molar-refractivity contribution < 1.29 is 9.47 Å². The zero-order valence-electron chi connectivity index (χ0n) is 11.7. The number of pyridine rings is 1. The highest BCUT2D eigenvalue weighted by atomic mass is 16.5. The predicted molar refractivity (Wildman–Crippen MR) is 76.4 cm³/mol. The molecule has 1 aromatic rings. The van der Waals surface area contributed by atoms with Gasteiger partial charge in [-0.05, 0) is 18.1 Å². The lowest BCUT2D eigenvalue weighted by Gasteiger charge is -2.11. The summed E-state index contributed by atoms with van der Waals surface area (Å²) in [5, 5.41) is 0. The molecule has 1 rings (SSSR count). The van der Waals surface area contributed by atoms with Crippen LogP contribution < -0.4 is 10.5 Å². The number of ether oxygens (including phenoxy) is 2. The molecule has 0 aromatic carbocycles. The van der Waals surface area contributed by atoms with E-state index in [2.05, 4.69) is 9.98 Å². The molecule has 0 unspecified atom stereocenters. The van der Waals surface area contributed by atoms with Gasteiger partial charge >= 0.3 is 0 Å². The van der Waals surface area contributed by atoms with E-state index in [0.717, 1.165) is 23.4 Å². The summed E-state index contributed by atoms with van der Waals surface area (Å²) in [6.07, 6.45) is 2.52. The van der Waals surface area contributed by atoms with E-state index in [1.807, 2.05) is 19.1 Å². The topological polar surface area (TPSA) is 69.7 Å². The van der Waals surface area contributed by atoms with Crippen LogP contribution in [0.15, 0.2) is 34.5 Å². The van der Waals surface area contributed by atoms with Crippen molar-refractivity contribution in [3.05, 3.63) is 35.2 Å². The third kappa shape index (κ3) is 4.71. The molecule has 19 heavy (non-hydrogen) atoms. The van der Waals surface area contributed by atoms with Crippen molar-refractivity contribution in [2.24, 2.45) is 10.7 Å². The van der Waals surface area contributed by atoms with Gasteiger partial charge < -0.3 is 15.2 Å².